The number of ether oxygens (including phenoxy) is 1. The highest BCUT2D eigenvalue weighted by Gasteiger charge is 2.16. The molecule has 0 aliphatic carbocycles. The lowest BCUT2D eigenvalue weighted by Crippen LogP contribution is -2.20. The zero-order chi connectivity index (χ0) is 17.0. The van der Waals surface area contributed by atoms with Crippen LogP contribution in [0, 0.1) is 0 Å². The molecule has 5 nitrogen and oxygen atoms in total. The summed E-state index contributed by atoms with van der Waals surface area (Å²) in [6.45, 7) is 5.12. The van der Waals surface area contributed by atoms with Gasteiger partial charge < -0.3 is 9.53 Å². The van der Waals surface area contributed by atoms with Crippen molar-refractivity contribution >= 4 is 23.3 Å². The van der Waals surface area contributed by atoms with Crippen LogP contribution in [0.2, 0.25) is 0 Å². The van der Waals surface area contributed by atoms with Crippen LogP contribution in [-0.2, 0) is 23.9 Å². The van der Waals surface area contributed by atoms with Gasteiger partial charge in [-0.25, -0.2) is 0 Å². The van der Waals surface area contributed by atoms with Crippen molar-refractivity contribution < 1.29 is 23.9 Å². The average Bonchev–Trinajstić information content (AvgIpc) is 2.47. The molecule has 1 atom stereocenters. The van der Waals surface area contributed by atoms with E-state index in [9.17, 15) is 19.2 Å². The molecule has 5 heteroatoms. The van der Waals surface area contributed by atoms with Crippen molar-refractivity contribution in [3.63, 3.8) is 0 Å². The average molecular weight is 312 g/mol. The van der Waals surface area contributed by atoms with Gasteiger partial charge in [0.2, 0.25) is 0 Å². The molecule has 0 aromatic heterocycles. The molecule has 0 aliphatic heterocycles. The largest absolute Gasteiger partial charge is 0.462 e. The first-order valence-corrected chi connectivity index (χ1v) is 8.11. The van der Waals surface area contributed by atoms with Gasteiger partial charge in [-0.05, 0) is 26.2 Å². The van der Waals surface area contributed by atoms with E-state index in [1.807, 2.05) is 6.92 Å². The summed E-state index contributed by atoms with van der Waals surface area (Å²) in [5.74, 6) is -0.167. The fraction of sp³-hybridized carbons (Fsp3) is 0.765. The molecule has 0 saturated carbocycles. The molecular formula is C17H28O5. The molecule has 126 valence electrons. The Balaban J connectivity index is 4.18. The normalized spacial score (nSPS) is 11.8. The van der Waals surface area contributed by atoms with Crippen molar-refractivity contribution in [1.82, 2.24) is 0 Å². The zero-order valence-electron chi connectivity index (χ0n) is 14.0. The zero-order valence-corrected chi connectivity index (χ0v) is 14.0. The summed E-state index contributed by atoms with van der Waals surface area (Å²) in [6.07, 6.45) is 3.21. The van der Waals surface area contributed by atoms with Gasteiger partial charge in [-0.2, -0.15) is 0 Å². The maximum absolute atomic E-state index is 11.8. The SMILES string of the molecule is CCCC(=O)CCC(=O)CCC(CCC(C)=O)OC(=O)CC. The van der Waals surface area contributed by atoms with Gasteiger partial charge in [-0.15, -0.1) is 0 Å². The van der Waals surface area contributed by atoms with E-state index < -0.39 is 6.10 Å². The second-order valence-corrected chi connectivity index (χ2v) is 5.57. The molecule has 0 amide bonds. The molecule has 0 fully saturated rings. The third-order valence-corrected chi connectivity index (χ3v) is 3.36. The van der Waals surface area contributed by atoms with Crippen LogP contribution in [0.25, 0.3) is 0 Å². The molecule has 0 aromatic rings. The minimum absolute atomic E-state index is 0.00447. The molecule has 0 saturated heterocycles. The minimum atomic E-state index is -0.397. The van der Waals surface area contributed by atoms with Gasteiger partial charge in [0.1, 0.15) is 23.5 Å². The van der Waals surface area contributed by atoms with Crippen LogP contribution in [0.1, 0.15) is 78.6 Å². The van der Waals surface area contributed by atoms with Gasteiger partial charge >= 0.3 is 5.97 Å². The summed E-state index contributed by atoms with van der Waals surface area (Å²) in [5, 5.41) is 0. The van der Waals surface area contributed by atoms with Crippen LogP contribution in [0.15, 0.2) is 0 Å². The number of carbonyl (C=O) groups excluding carboxylic acids is 4. The molecule has 0 bridgehead atoms. The number of hydrogen-bond donors (Lipinski definition) is 0. The van der Waals surface area contributed by atoms with E-state index in [1.54, 1.807) is 6.92 Å². The van der Waals surface area contributed by atoms with E-state index in [0.29, 0.717) is 32.1 Å². The number of hydrogen-bond acceptors (Lipinski definition) is 5. The highest BCUT2D eigenvalue weighted by molar-refractivity contribution is 5.86. The molecule has 0 rings (SSSR count). The van der Waals surface area contributed by atoms with Crippen LogP contribution >= 0.6 is 0 Å². The molecule has 1 unspecified atom stereocenters. The van der Waals surface area contributed by atoms with Gasteiger partial charge in [0.25, 0.3) is 0 Å². The molecule has 0 spiro atoms. The lowest BCUT2D eigenvalue weighted by molar-refractivity contribution is -0.150. The van der Waals surface area contributed by atoms with Crippen LogP contribution in [-0.4, -0.2) is 29.4 Å². The van der Waals surface area contributed by atoms with Crippen molar-refractivity contribution in [2.75, 3.05) is 0 Å². The van der Waals surface area contributed by atoms with Crippen molar-refractivity contribution in [2.24, 2.45) is 0 Å². The maximum atomic E-state index is 11.8. The Morgan fingerprint density at radius 3 is 1.86 bits per heavy atom. The van der Waals surface area contributed by atoms with Crippen LogP contribution in [0.3, 0.4) is 0 Å². The summed E-state index contributed by atoms with van der Waals surface area (Å²) in [7, 11) is 0. The third kappa shape index (κ3) is 11.2. The Bertz CT molecular complexity index is 387. The summed E-state index contributed by atoms with van der Waals surface area (Å²) in [6, 6.07) is 0. The van der Waals surface area contributed by atoms with E-state index in [4.69, 9.17) is 4.74 Å². The second-order valence-electron chi connectivity index (χ2n) is 5.57. The van der Waals surface area contributed by atoms with Crippen molar-refractivity contribution in [1.29, 1.82) is 0 Å². The topological polar surface area (TPSA) is 77.5 Å². The van der Waals surface area contributed by atoms with Gasteiger partial charge in [0.15, 0.2) is 0 Å². The molecule has 22 heavy (non-hydrogen) atoms. The van der Waals surface area contributed by atoms with Crippen LogP contribution < -0.4 is 0 Å². The van der Waals surface area contributed by atoms with E-state index in [1.165, 1.54) is 6.92 Å². The third-order valence-electron chi connectivity index (χ3n) is 3.36. The first-order chi connectivity index (χ1) is 10.4. The van der Waals surface area contributed by atoms with Crippen molar-refractivity contribution in [3.8, 4) is 0 Å². The Morgan fingerprint density at radius 2 is 1.36 bits per heavy atom. The fourth-order valence-corrected chi connectivity index (χ4v) is 2.03. The number of carbonyl (C=O) groups is 4. The smallest absolute Gasteiger partial charge is 0.305 e. The van der Waals surface area contributed by atoms with E-state index >= 15 is 0 Å². The molecule has 0 N–H and O–H groups in total. The molecule has 0 radical (unpaired) electrons. The number of Topliss-reactive ketones (excluding diaryl/α,β-unsaturated/α-hetero) is 3. The number of rotatable bonds is 13. The van der Waals surface area contributed by atoms with Gasteiger partial charge in [-0.3, -0.25) is 14.4 Å². The maximum Gasteiger partial charge on any atom is 0.305 e. The van der Waals surface area contributed by atoms with E-state index in [-0.39, 0.29) is 42.6 Å². The monoisotopic (exact) mass is 312 g/mol. The van der Waals surface area contributed by atoms with Crippen molar-refractivity contribution in [2.45, 2.75) is 84.7 Å². The molecule has 0 aliphatic rings. The second kappa shape index (κ2) is 12.1. The van der Waals surface area contributed by atoms with Gasteiger partial charge in [-0.1, -0.05) is 13.8 Å². The molecule has 0 heterocycles. The van der Waals surface area contributed by atoms with Crippen molar-refractivity contribution in [3.05, 3.63) is 0 Å². The highest BCUT2D eigenvalue weighted by atomic mass is 16.5. The van der Waals surface area contributed by atoms with Gasteiger partial charge in [0.05, 0.1) is 0 Å². The first-order valence-electron chi connectivity index (χ1n) is 8.11. The van der Waals surface area contributed by atoms with Gasteiger partial charge in [0, 0.05) is 38.5 Å². The highest BCUT2D eigenvalue weighted by Crippen LogP contribution is 2.13. The predicted octanol–water partition coefficient (Wildman–Crippen LogP) is 3.18. The summed E-state index contributed by atoms with van der Waals surface area (Å²) in [4.78, 5) is 45.6. The van der Waals surface area contributed by atoms with Crippen LogP contribution in [0.4, 0.5) is 0 Å². The predicted molar refractivity (Wildman–Crippen MR) is 83.5 cm³/mol. The fourth-order valence-electron chi connectivity index (χ4n) is 2.03. The standard InChI is InChI=1S/C17H28O5/c1-4-6-14(19)8-9-15(20)10-12-16(11-7-13(3)18)22-17(21)5-2/h16H,4-12H2,1-3H3. The molecule has 0 aromatic carbocycles. The quantitative estimate of drug-likeness (QED) is 0.488. The lowest BCUT2D eigenvalue weighted by atomic mass is 10.0. The van der Waals surface area contributed by atoms with E-state index in [0.717, 1.165) is 6.42 Å². The Hall–Kier alpha value is -1.52. The number of ketones is 3. The molecular weight excluding hydrogens is 284 g/mol. The van der Waals surface area contributed by atoms with Crippen LogP contribution in [0.5, 0.6) is 0 Å². The Morgan fingerprint density at radius 1 is 0.818 bits per heavy atom. The first kappa shape index (κ1) is 20.5. The summed E-state index contributed by atoms with van der Waals surface area (Å²) >= 11 is 0. The minimum Gasteiger partial charge on any atom is -0.462 e. The number of esters is 1. The lowest BCUT2D eigenvalue weighted by Gasteiger charge is -2.16. The Kier molecular flexibility index (Phi) is 11.2. The summed E-state index contributed by atoms with van der Waals surface area (Å²) < 4.78 is 5.25. The summed E-state index contributed by atoms with van der Waals surface area (Å²) in [5.41, 5.74) is 0. The van der Waals surface area contributed by atoms with E-state index in [2.05, 4.69) is 0 Å². The Labute approximate surface area is 132 Å².